The molecule has 0 fully saturated rings. The van der Waals surface area contributed by atoms with Gasteiger partial charge in [0.2, 0.25) is 23.6 Å². The lowest BCUT2D eigenvalue weighted by atomic mass is 10.00. The molecule has 0 unspecified atom stereocenters. The van der Waals surface area contributed by atoms with Crippen LogP contribution in [0.15, 0.2) is 108 Å². The summed E-state index contributed by atoms with van der Waals surface area (Å²) >= 11 is 0. The summed E-state index contributed by atoms with van der Waals surface area (Å²) in [6.07, 6.45) is 4.47. The summed E-state index contributed by atoms with van der Waals surface area (Å²) in [5.41, 5.74) is 4.31. The molecule has 0 saturated heterocycles. The molecule has 0 spiro atoms. The Kier molecular flexibility index (Phi) is 18.6. The summed E-state index contributed by atoms with van der Waals surface area (Å²) < 4.78 is 13.5. The highest BCUT2D eigenvalue weighted by Gasteiger charge is 2.32. The maximum absolute atomic E-state index is 14.3. The van der Waals surface area contributed by atoms with E-state index in [2.05, 4.69) is 47.4 Å². The number of nitrogens with one attached hydrogen (secondary N) is 7. The van der Waals surface area contributed by atoms with Crippen LogP contribution in [0.5, 0.6) is 0 Å². The fourth-order valence-electron chi connectivity index (χ4n) is 7.22. The highest BCUT2D eigenvalue weighted by Crippen LogP contribution is 2.14. The molecule has 5 atom stereocenters. The third kappa shape index (κ3) is 15.7. The largest absolute Gasteiger partial charge is 0.354 e. The van der Waals surface area contributed by atoms with E-state index in [-0.39, 0.29) is 68.0 Å². The number of hydrogen-bond donors (Lipinski definition) is 7. The molecule has 7 N–H and O–H groups in total. The molecule has 0 saturated carbocycles. The van der Waals surface area contributed by atoms with E-state index in [0.29, 0.717) is 11.1 Å². The summed E-state index contributed by atoms with van der Waals surface area (Å²) in [6, 6.07) is 18.9. The van der Waals surface area contributed by atoms with Crippen molar-refractivity contribution in [3.05, 3.63) is 137 Å². The first-order valence-corrected chi connectivity index (χ1v) is 22.1. The van der Waals surface area contributed by atoms with Crippen molar-refractivity contribution in [2.24, 2.45) is 16.9 Å². The van der Waals surface area contributed by atoms with Crippen molar-refractivity contribution in [2.75, 3.05) is 6.54 Å². The highest BCUT2D eigenvalue weighted by molar-refractivity contribution is 6.02. The third-order valence-electron chi connectivity index (χ3n) is 10.6. The van der Waals surface area contributed by atoms with Crippen LogP contribution < -0.4 is 37.3 Å². The number of hydrogen-bond acceptors (Lipinski definition) is 9. The topological polar surface area (TPSA) is 229 Å². The van der Waals surface area contributed by atoms with Crippen molar-refractivity contribution >= 4 is 47.6 Å². The zero-order valence-electron chi connectivity index (χ0n) is 37.5. The number of nitrogens with zero attached hydrogens (tertiary/aromatic N) is 2. The molecule has 17 heteroatoms. The van der Waals surface area contributed by atoms with Gasteiger partial charge in [-0.15, -0.1) is 0 Å². The van der Waals surface area contributed by atoms with Gasteiger partial charge in [-0.25, -0.2) is 9.82 Å². The molecule has 66 heavy (non-hydrogen) atoms. The van der Waals surface area contributed by atoms with Crippen LogP contribution in [-0.2, 0) is 36.8 Å². The van der Waals surface area contributed by atoms with Crippen LogP contribution in [0.25, 0.3) is 0 Å². The van der Waals surface area contributed by atoms with Gasteiger partial charge in [-0.3, -0.25) is 38.5 Å². The van der Waals surface area contributed by atoms with Crippen LogP contribution in [0.4, 0.5) is 4.39 Å². The maximum Gasteiger partial charge on any atom is 0.262 e. The van der Waals surface area contributed by atoms with Crippen molar-refractivity contribution < 1.29 is 38.0 Å². The fourth-order valence-corrected chi connectivity index (χ4v) is 7.22. The predicted octanol–water partition coefficient (Wildman–Crippen LogP) is 3.51. The van der Waals surface area contributed by atoms with Gasteiger partial charge in [-0.1, -0.05) is 100 Å². The van der Waals surface area contributed by atoms with E-state index < -0.39 is 77.4 Å². The Hall–Kier alpha value is -7.30. The van der Waals surface area contributed by atoms with E-state index in [1.165, 1.54) is 48.9 Å². The number of pyridine rings is 1. The predicted molar refractivity (Wildman–Crippen MR) is 246 cm³/mol. The summed E-state index contributed by atoms with van der Waals surface area (Å²) in [4.78, 5) is 102. The zero-order chi connectivity index (χ0) is 47.6. The van der Waals surface area contributed by atoms with Gasteiger partial charge in [-0.05, 0) is 72.4 Å². The minimum atomic E-state index is -1.24. The summed E-state index contributed by atoms with van der Waals surface area (Å²) in [5, 5.41) is 20.8. The number of aromatic nitrogens is 1. The van der Waals surface area contributed by atoms with E-state index in [9.17, 15) is 38.0 Å². The molecule has 1 aliphatic heterocycles. The molecule has 1 aromatic heterocycles. The van der Waals surface area contributed by atoms with E-state index in [1.54, 1.807) is 42.5 Å². The number of carbonyl (C=O) groups excluding carboxylic acids is 7. The van der Waals surface area contributed by atoms with Gasteiger partial charge in [0.25, 0.3) is 17.7 Å². The number of carbonyl (C=O) groups is 7. The Morgan fingerprint density at radius 2 is 1.15 bits per heavy atom. The second kappa shape index (κ2) is 24.7. The lowest BCUT2D eigenvalue weighted by Gasteiger charge is -2.26. The minimum absolute atomic E-state index is 0.00726. The number of benzene rings is 3. The van der Waals surface area contributed by atoms with E-state index in [4.69, 9.17) is 0 Å². The summed E-state index contributed by atoms with van der Waals surface area (Å²) in [5.74, 6) is -5.25. The average Bonchev–Trinajstić information content (AvgIpc) is 3.29. The van der Waals surface area contributed by atoms with Gasteiger partial charge in [0.05, 0.1) is 17.3 Å². The molecule has 1 aliphatic rings. The number of rotatable bonds is 11. The Balaban J connectivity index is 1.50. The van der Waals surface area contributed by atoms with Gasteiger partial charge in [0, 0.05) is 31.8 Å². The molecule has 348 valence electrons. The molecular weight excluding hydrogens is 846 g/mol. The fraction of sp³-hybridized carbons (Fsp3) is 0.367. The number of halogens is 1. The van der Waals surface area contributed by atoms with Crippen molar-refractivity contribution in [1.82, 2.24) is 42.3 Å². The lowest BCUT2D eigenvalue weighted by Crippen LogP contribution is -2.57. The molecule has 4 aromatic rings. The summed E-state index contributed by atoms with van der Waals surface area (Å²) in [7, 11) is 0. The third-order valence-corrected chi connectivity index (χ3v) is 10.6. The van der Waals surface area contributed by atoms with E-state index >= 15 is 0 Å². The Morgan fingerprint density at radius 3 is 1.65 bits per heavy atom. The van der Waals surface area contributed by atoms with Crippen LogP contribution in [-0.4, -0.2) is 89.3 Å². The first kappa shape index (κ1) is 49.7. The number of amides is 7. The van der Waals surface area contributed by atoms with Crippen LogP contribution in [0.3, 0.4) is 0 Å². The Labute approximate surface area is 383 Å². The molecule has 16 nitrogen and oxygen atoms in total. The quantitative estimate of drug-likeness (QED) is 0.0869. The van der Waals surface area contributed by atoms with Crippen molar-refractivity contribution in [1.29, 1.82) is 0 Å². The molecule has 2 heterocycles. The second-order valence-electron chi connectivity index (χ2n) is 17.1. The lowest BCUT2D eigenvalue weighted by molar-refractivity contribution is -0.132. The van der Waals surface area contributed by atoms with Gasteiger partial charge in [-0.2, -0.15) is 5.10 Å². The van der Waals surface area contributed by atoms with Crippen molar-refractivity contribution in [3.8, 4) is 0 Å². The maximum atomic E-state index is 14.3. The van der Waals surface area contributed by atoms with Crippen LogP contribution in [0.2, 0.25) is 0 Å². The van der Waals surface area contributed by atoms with Crippen LogP contribution in [0.1, 0.15) is 90.8 Å². The molecule has 7 amide bonds. The van der Waals surface area contributed by atoms with Crippen molar-refractivity contribution in [3.63, 3.8) is 0 Å². The SMILES string of the molecule is CC(C)C[C@@H]1NC(=O)c2cncc(c2)C(=O)N[C@@H](CC(C)C)C(=O)N[C@@H](Cc2ccccc2)C(=O)N[C@H](C(=O)NN=Cc2ccc(F)cc2)CCCNC(=O)[C@H](Cc2ccccc2)NC1=O. The van der Waals surface area contributed by atoms with Crippen molar-refractivity contribution in [2.45, 2.75) is 96.4 Å². The first-order valence-electron chi connectivity index (χ1n) is 22.1. The molecule has 0 radical (unpaired) electrons. The summed E-state index contributed by atoms with van der Waals surface area (Å²) in [6.45, 7) is 7.51. The van der Waals surface area contributed by atoms with Gasteiger partial charge in [0.15, 0.2) is 0 Å². The normalized spacial score (nSPS) is 20.7. The van der Waals surface area contributed by atoms with Crippen LogP contribution >= 0.6 is 0 Å². The first-order chi connectivity index (χ1) is 31.6. The molecular formula is C49H58FN9O7. The van der Waals surface area contributed by atoms with Gasteiger partial charge in [0.1, 0.15) is 36.0 Å². The Bertz CT molecular complexity index is 2330. The van der Waals surface area contributed by atoms with Gasteiger partial charge < -0.3 is 31.9 Å². The standard InChI is InChI=1S/C49H58FN9O7/c1-30(2)22-39-46(63)57-41(24-32-12-7-5-8-13-32)45(62)52-21-11-16-38(49(66)59-53-27-34-17-19-37(50)20-18-34)54-48(65)42(25-33-14-9-6-10-15-33)58-47(64)40(23-31(3)4)56-44(61)36-26-35(28-51-29-36)43(60)55-39/h5-10,12-15,17-20,26-31,38-42H,11,16,21-25H2,1-4H3,(H,52,62)(H,54,65)(H,55,60)(H,56,61)(H,57,63)(H,58,64)(H,59,66)/t38-,39-,40-,41-,42-/m0/s1. The molecule has 5 rings (SSSR count). The Morgan fingerprint density at radius 1 is 0.667 bits per heavy atom. The zero-order valence-corrected chi connectivity index (χ0v) is 37.5. The monoisotopic (exact) mass is 903 g/mol. The van der Waals surface area contributed by atoms with E-state index in [0.717, 1.165) is 5.56 Å². The molecule has 2 bridgehead atoms. The average molecular weight is 904 g/mol. The minimum Gasteiger partial charge on any atom is -0.354 e. The molecule has 3 aromatic carbocycles. The number of hydrazone groups is 1. The number of fused-ring (bicyclic) bond motifs is 2. The van der Waals surface area contributed by atoms with Crippen LogP contribution in [0, 0.1) is 17.7 Å². The second-order valence-corrected chi connectivity index (χ2v) is 17.1. The smallest absolute Gasteiger partial charge is 0.262 e. The van der Waals surface area contributed by atoms with Gasteiger partial charge >= 0.3 is 0 Å². The highest BCUT2D eigenvalue weighted by atomic mass is 19.1. The van der Waals surface area contributed by atoms with E-state index in [1.807, 2.05) is 45.9 Å². The molecule has 0 aliphatic carbocycles.